The van der Waals surface area contributed by atoms with E-state index < -0.39 is 4.92 Å². The number of carbonyl (C=O) groups excluding carboxylic acids is 1. The average Bonchev–Trinajstić information content (AvgIpc) is 3.32. The number of hydrogen-bond acceptors (Lipinski definition) is 3. The molecular formula is C17H22N2O3. The molecule has 1 aliphatic carbocycles. The molecule has 0 saturated heterocycles. The summed E-state index contributed by atoms with van der Waals surface area (Å²) in [6, 6.07) is 4.34. The number of anilines is 1. The second kappa shape index (κ2) is 8.83. The molecule has 2 rings (SSSR count). The Morgan fingerprint density at radius 3 is 2.64 bits per heavy atom. The first-order valence-corrected chi connectivity index (χ1v) is 7.70. The van der Waals surface area contributed by atoms with Gasteiger partial charge in [0, 0.05) is 24.5 Å². The zero-order valence-corrected chi connectivity index (χ0v) is 13.3. The zero-order chi connectivity index (χ0) is 16.5. The van der Waals surface area contributed by atoms with Crippen molar-refractivity contribution in [3.05, 3.63) is 33.9 Å². The molecule has 0 unspecified atom stereocenters. The van der Waals surface area contributed by atoms with Crippen LogP contribution in [0.15, 0.2) is 18.2 Å². The van der Waals surface area contributed by atoms with Crippen LogP contribution in [0.5, 0.6) is 0 Å². The van der Waals surface area contributed by atoms with Crippen molar-refractivity contribution in [1.82, 2.24) is 0 Å². The summed E-state index contributed by atoms with van der Waals surface area (Å²) in [5.74, 6) is 6.31. The lowest BCUT2D eigenvalue weighted by atomic mass is 10.1. The smallest absolute Gasteiger partial charge is 0.270 e. The summed E-state index contributed by atoms with van der Waals surface area (Å²) in [6.45, 7) is 5.92. The molecule has 0 heterocycles. The summed E-state index contributed by atoms with van der Waals surface area (Å²) in [7, 11) is 0. The van der Waals surface area contributed by atoms with E-state index in [4.69, 9.17) is 0 Å². The van der Waals surface area contributed by atoms with Crippen LogP contribution in [0, 0.1) is 27.9 Å². The molecule has 0 radical (unpaired) electrons. The monoisotopic (exact) mass is 302 g/mol. The first-order valence-electron chi connectivity index (χ1n) is 7.70. The van der Waals surface area contributed by atoms with Gasteiger partial charge in [-0.15, -0.1) is 0 Å². The molecule has 1 saturated carbocycles. The van der Waals surface area contributed by atoms with E-state index in [0.717, 1.165) is 19.3 Å². The fraction of sp³-hybridized carbons (Fsp3) is 0.471. The van der Waals surface area contributed by atoms with Crippen molar-refractivity contribution in [2.24, 2.45) is 5.92 Å². The van der Waals surface area contributed by atoms with Crippen LogP contribution in [0.25, 0.3) is 0 Å². The molecule has 22 heavy (non-hydrogen) atoms. The van der Waals surface area contributed by atoms with Crippen molar-refractivity contribution in [3.63, 3.8) is 0 Å². The number of nitrogens with zero attached hydrogens (tertiary/aromatic N) is 1. The molecule has 5 nitrogen and oxygen atoms in total. The standard InChI is InChI=1S/C15H16N2O3.C2H6/c1-2-3-15(18)16-14-9-8-13(17(19)20)10-12(14)7-6-11-4-5-11;1-2/h8-11H,2-5H2,1H3,(H,16,18);1-2H3. The Kier molecular flexibility index (Phi) is 7.11. The van der Waals surface area contributed by atoms with Crippen molar-refractivity contribution in [2.45, 2.75) is 46.5 Å². The number of non-ortho nitro benzene ring substituents is 1. The predicted octanol–water partition coefficient (Wildman–Crippen LogP) is 4.12. The van der Waals surface area contributed by atoms with E-state index in [1.54, 1.807) is 6.07 Å². The van der Waals surface area contributed by atoms with Crippen LogP contribution in [-0.2, 0) is 4.79 Å². The first kappa shape index (κ1) is 17.7. The Hall–Kier alpha value is -2.35. The maximum Gasteiger partial charge on any atom is 0.270 e. The Bertz CT molecular complexity index is 596. The van der Waals surface area contributed by atoms with Crippen LogP contribution in [-0.4, -0.2) is 10.8 Å². The topological polar surface area (TPSA) is 72.2 Å². The molecule has 5 heteroatoms. The molecule has 1 N–H and O–H groups in total. The third-order valence-corrected chi connectivity index (χ3v) is 2.95. The minimum atomic E-state index is -0.458. The van der Waals surface area contributed by atoms with Gasteiger partial charge in [-0.3, -0.25) is 14.9 Å². The number of benzene rings is 1. The quantitative estimate of drug-likeness (QED) is 0.516. The van der Waals surface area contributed by atoms with Crippen LogP contribution in [0.4, 0.5) is 11.4 Å². The van der Waals surface area contributed by atoms with Crippen LogP contribution < -0.4 is 5.32 Å². The van der Waals surface area contributed by atoms with Gasteiger partial charge in [0.2, 0.25) is 5.91 Å². The van der Waals surface area contributed by atoms with Gasteiger partial charge >= 0.3 is 0 Å². The summed E-state index contributed by atoms with van der Waals surface area (Å²) in [6.07, 6.45) is 3.34. The first-order chi connectivity index (χ1) is 10.6. The van der Waals surface area contributed by atoms with Gasteiger partial charge < -0.3 is 5.32 Å². The van der Waals surface area contributed by atoms with Gasteiger partial charge in [0.05, 0.1) is 16.2 Å². The molecule has 1 fully saturated rings. The van der Waals surface area contributed by atoms with Gasteiger partial charge in [-0.25, -0.2) is 0 Å². The molecular weight excluding hydrogens is 280 g/mol. The molecule has 0 aromatic heterocycles. The highest BCUT2D eigenvalue weighted by molar-refractivity contribution is 5.92. The van der Waals surface area contributed by atoms with E-state index in [1.165, 1.54) is 12.1 Å². The number of amides is 1. The molecule has 1 aliphatic rings. The van der Waals surface area contributed by atoms with Crippen LogP contribution in [0.3, 0.4) is 0 Å². The van der Waals surface area contributed by atoms with Crippen LogP contribution in [0.1, 0.15) is 52.0 Å². The van der Waals surface area contributed by atoms with E-state index in [9.17, 15) is 14.9 Å². The highest BCUT2D eigenvalue weighted by Crippen LogP contribution is 2.28. The van der Waals surface area contributed by atoms with E-state index >= 15 is 0 Å². The molecule has 0 aliphatic heterocycles. The highest BCUT2D eigenvalue weighted by atomic mass is 16.6. The summed E-state index contributed by atoms with van der Waals surface area (Å²) < 4.78 is 0. The third kappa shape index (κ3) is 5.57. The largest absolute Gasteiger partial charge is 0.325 e. The minimum Gasteiger partial charge on any atom is -0.325 e. The minimum absolute atomic E-state index is 0.0152. The fourth-order valence-corrected chi connectivity index (χ4v) is 1.71. The fourth-order valence-electron chi connectivity index (χ4n) is 1.71. The van der Waals surface area contributed by atoms with Crippen LogP contribution in [0.2, 0.25) is 0 Å². The number of carbonyl (C=O) groups is 1. The van der Waals surface area contributed by atoms with Crippen LogP contribution >= 0.6 is 0 Å². The normalized spacial score (nSPS) is 12.3. The molecule has 0 atom stereocenters. The molecule has 0 spiro atoms. The summed E-state index contributed by atoms with van der Waals surface area (Å²) in [4.78, 5) is 22.0. The van der Waals surface area contributed by atoms with Gasteiger partial charge in [0.15, 0.2) is 0 Å². The predicted molar refractivity (Wildman–Crippen MR) is 87.6 cm³/mol. The molecule has 0 bridgehead atoms. The van der Waals surface area contributed by atoms with Crippen molar-refractivity contribution in [2.75, 3.05) is 5.32 Å². The maximum atomic E-state index is 11.6. The summed E-state index contributed by atoms with van der Waals surface area (Å²) >= 11 is 0. The van der Waals surface area contributed by atoms with Crippen molar-refractivity contribution < 1.29 is 9.72 Å². The zero-order valence-electron chi connectivity index (χ0n) is 13.3. The van der Waals surface area contributed by atoms with Gasteiger partial charge in [0.1, 0.15) is 0 Å². The SMILES string of the molecule is CC.CCCC(=O)Nc1ccc([N+](=O)[O-])cc1C#CC1CC1. The average molecular weight is 302 g/mol. The third-order valence-electron chi connectivity index (χ3n) is 2.95. The summed E-state index contributed by atoms with van der Waals surface area (Å²) in [5.41, 5.74) is 1.04. The van der Waals surface area contributed by atoms with Crippen molar-refractivity contribution in [1.29, 1.82) is 0 Å². The Balaban J connectivity index is 0.00000116. The molecule has 1 aromatic carbocycles. The molecule has 1 aromatic rings. The van der Waals surface area contributed by atoms with Gasteiger partial charge in [-0.2, -0.15) is 0 Å². The molecule has 1 amide bonds. The maximum absolute atomic E-state index is 11.6. The van der Waals surface area contributed by atoms with Crippen molar-refractivity contribution in [3.8, 4) is 11.8 Å². The number of rotatable bonds is 4. The second-order valence-electron chi connectivity index (χ2n) is 4.83. The lowest BCUT2D eigenvalue weighted by molar-refractivity contribution is -0.384. The molecule has 118 valence electrons. The van der Waals surface area contributed by atoms with E-state index in [-0.39, 0.29) is 11.6 Å². The number of hydrogen-bond donors (Lipinski definition) is 1. The van der Waals surface area contributed by atoms with E-state index in [0.29, 0.717) is 23.6 Å². The Labute approximate surface area is 131 Å². The number of nitro groups is 1. The van der Waals surface area contributed by atoms with E-state index in [1.807, 2.05) is 20.8 Å². The highest BCUT2D eigenvalue weighted by Gasteiger charge is 2.18. The lowest BCUT2D eigenvalue weighted by Gasteiger charge is -2.06. The van der Waals surface area contributed by atoms with Crippen molar-refractivity contribution >= 4 is 17.3 Å². The van der Waals surface area contributed by atoms with Gasteiger partial charge in [-0.1, -0.05) is 32.6 Å². The second-order valence-corrected chi connectivity index (χ2v) is 4.83. The number of nitro benzene ring substituents is 1. The Morgan fingerprint density at radius 1 is 1.41 bits per heavy atom. The van der Waals surface area contributed by atoms with E-state index in [2.05, 4.69) is 17.2 Å². The van der Waals surface area contributed by atoms with Gasteiger partial charge in [-0.05, 0) is 25.3 Å². The van der Waals surface area contributed by atoms with Gasteiger partial charge in [0.25, 0.3) is 5.69 Å². The summed E-state index contributed by atoms with van der Waals surface area (Å²) in [5, 5.41) is 13.6. The Morgan fingerprint density at radius 2 is 2.09 bits per heavy atom. The number of nitrogens with one attached hydrogen (secondary N) is 1. The lowest BCUT2D eigenvalue weighted by Crippen LogP contribution is -2.11.